The average Bonchev–Trinajstić information content (AvgIpc) is 2.15. The highest BCUT2D eigenvalue weighted by Crippen LogP contribution is 2.22. The van der Waals surface area contributed by atoms with Crippen LogP contribution in [0, 0.1) is 5.82 Å². The van der Waals surface area contributed by atoms with Gasteiger partial charge in [0, 0.05) is 10.5 Å². The molecule has 4 nitrogen and oxygen atoms in total. The zero-order valence-electron chi connectivity index (χ0n) is 7.07. The second-order valence-electron chi connectivity index (χ2n) is 2.32. The molecule has 0 aliphatic rings. The molecule has 0 aromatic heterocycles. The molecule has 68 valence electrons. The highest BCUT2D eigenvalue weighted by Gasteiger charge is 2.06. The highest BCUT2D eigenvalue weighted by atomic mass is 19.1. The summed E-state index contributed by atoms with van der Waals surface area (Å²) in [6, 6.07) is 4.48. The fraction of sp³-hybridized carbons (Fsp3) is 0.250. The van der Waals surface area contributed by atoms with Crippen molar-refractivity contribution in [3.05, 3.63) is 40.0 Å². The maximum absolute atomic E-state index is 13.0. The minimum atomic E-state index is -0.451. The SMILES string of the molecule is COc1c(F)cccc1CN=[N+]=[N-]. The molecular weight excluding hydrogens is 173 g/mol. The van der Waals surface area contributed by atoms with Crippen LogP contribution in [0.15, 0.2) is 23.3 Å². The van der Waals surface area contributed by atoms with Gasteiger partial charge in [-0.15, -0.1) is 0 Å². The van der Waals surface area contributed by atoms with Gasteiger partial charge in [0.25, 0.3) is 0 Å². The Morgan fingerprint density at radius 2 is 2.38 bits per heavy atom. The summed E-state index contributed by atoms with van der Waals surface area (Å²) < 4.78 is 17.8. The van der Waals surface area contributed by atoms with Crippen LogP contribution in [0.5, 0.6) is 5.75 Å². The maximum Gasteiger partial charge on any atom is 0.165 e. The van der Waals surface area contributed by atoms with Crippen LogP contribution >= 0.6 is 0 Å². The number of rotatable bonds is 3. The molecular formula is C8H8FN3O. The predicted molar refractivity (Wildman–Crippen MR) is 45.8 cm³/mol. The second-order valence-corrected chi connectivity index (χ2v) is 2.32. The number of methoxy groups -OCH3 is 1. The summed E-state index contributed by atoms with van der Waals surface area (Å²) in [5.41, 5.74) is 8.63. The number of azide groups is 1. The minimum Gasteiger partial charge on any atom is -0.493 e. The minimum absolute atomic E-state index is 0.0947. The van der Waals surface area contributed by atoms with E-state index in [0.29, 0.717) is 5.56 Å². The molecule has 0 atom stereocenters. The smallest absolute Gasteiger partial charge is 0.165 e. The van der Waals surface area contributed by atoms with Gasteiger partial charge in [-0.2, -0.15) is 0 Å². The number of para-hydroxylation sites is 1. The van der Waals surface area contributed by atoms with E-state index in [1.165, 1.54) is 13.2 Å². The van der Waals surface area contributed by atoms with Gasteiger partial charge in [-0.25, -0.2) is 4.39 Å². The Labute approximate surface area is 74.6 Å². The number of hydrogen-bond donors (Lipinski definition) is 0. The van der Waals surface area contributed by atoms with Crippen LogP contribution in [-0.2, 0) is 6.54 Å². The van der Waals surface area contributed by atoms with Crippen LogP contribution < -0.4 is 4.74 Å². The fourth-order valence-electron chi connectivity index (χ4n) is 1.01. The molecule has 0 fully saturated rings. The van der Waals surface area contributed by atoms with Gasteiger partial charge < -0.3 is 4.74 Å². The monoisotopic (exact) mass is 181 g/mol. The first-order valence-corrected chi connectivity index (χ1v) is 3.62. The Kier molecular flexibility index (Phi) is 3.11. The van der Waals surface area contributed by atoms with Crippen molar-refractivity contribution in [2.45, 2.75) is 6.54 Å². The molecule has 13 heavy (non-hydrogen) atoms. The van der Waals surface area contributed by atoms with E-state index in [4.69, 9.17) is 10.3 Å². The summed E-state index contributed by atoms with van der Waals surface area (Å²) in [5, 5.41) is 3.33. The van der Waals surface area contributed by atoms with Gasteiger partial charge in [0.15, 0.2) is 11.6 Å². The lowest BCUT2D eigenvalue weighted by molar-refractivity contribution is 0.381. The average molecular weight is 181 g/mol. The summed E-state index contributed by atoms with van der Waals surface area (Å²) in [6.45, 7) is 0.0947. The Morgan fingerprint density at radius 3 is 3.00 bits per heavy atom. The van der Waals surface area contributed by atoms with E-state index < -0.39 is 5.82 Å². The molecule has 0 N–H and O–H groups in total. The maximum atomic E-state index is 13.0. The third-order valence-corrected chi connectivity index (χ3v) is 1.56. The number of ether oxygens (including phenoxy) is 1. The third kappa shape index (κ3) is 2.10. The highest BCUT2D eigenvalue weighted by molar-refractivity contribution is 5.34. The van der Waals surface area contributed by atoms with Crippen LogP contribution in [0.1, 0.15) is 5.56 Å². The molecule has 0 radical (unpaired) electrons. The van der Waals surface area contributed by atoms with Gasteiger partial charge in [-0.3, -0.25) is 0 Å². The van der Waals surface area contributed by atoms with Crippen molar-refractivity contribution in [1.29, 1.82) is 0 Å². The number of nitrogens with zero attached hydrogens (tertiary/aromatic N) is 3. The van der Waals surface area contributed by atoms with E-state index in [-0.39, 0.29) is 12.3 Å². The lowest BCUT2D eigenvalue weighted by Crippen LogP contribution is -1.93. The van der Waals surface area contributed by atoms with Gasteiger partial charge in [-0.05, 0) is 11.6 Å². The molecule has 0 amide bonds. The van der Waals surface area contributed by atoms with E-state index in [1.54, 1.807) is 12.1 Å². The quantitative estimate of drug-likeness (QED) is 0.401. The Morgan fingerprint density at radius 1 is 1.62 bits per heavy atom. The molecule has 0 saturated carbocycles. The first-order valence-electron chi connectivity index (χ1n) is 3.62. The van der Waals surface area contributed by atoms with Crippen molar-refractivity contribution in [3.8, 4) is 5.75 Å². The predicted octanol–water partition coefficient (Wildman–Crippen LogP) is 2.64. The molecule has 1 aromatic carbocycles. The largest absolute Gasteiger partial charge is 0.493 e. The summed E-state index contributed by atoms with van der Waals surface area (Å²) in [7, 11) is 1.37. The summed E-state index contributed by atoms with van der Waals surface area (Å²) >= 11 is 0. The molecule has 0 saturated heterocycles. The van der Waals surface area contributed by atoms with E-state index in [9.17, 15) is 4.39 Å². The van der Waals surface area contributed by atoms with Crippen molar-refractivity contribution in [2.75, 3.05) is 7.11 Å². The molecule has 0 unspecified atom stereocenters. The van der Waals surface area contributed by atoms with Gasteiger partial charge >= 0.3 is 0 Å². The fourth-order valence-corrected chi connectivity index (χ4v) is 1.01. The van der Waals surface area contributed by atoms with E-state index >= 15 is 0 Å². The van der Waals surface area contributed by atoms with E-state index in [1.807, 2.05) is 0 Å². The molecule has 0 heterocycles. The molecule has 1 rings (SSSR count). The standard InChI is InChI=1S/C8H8FN3O/c1-13-8-6(5-11-12-10)3-2-4-7(8)9/h2-4H,5H2,1H3. The summed E-state index contributed by atoms with van der Waals surface area (Å²) in [6.07, 6.45) is 0. The van der Waals surface area contributed by atoms with Crippen LogP contribution in [-0.4, -0.2) is 7.11 Å². The van der Waals surface area contributed by atoms with E-state index in [0.717, 1.165) is 0 Å². The Hall–Kier alpha value is -1.74. The Bertz CT molecular complexity index is 347. The van der Waals surface area contributed by atoms with Gasteiger partial charge in [0.05, 0.1) is 13.7 Å². The lowest BCUT2D eigenvalue weighted by atomic mass is 10.2. The first-order chi connectivity index (χ1) is 6.29. The van der Waals surface area contributed by atoms with Crippen LogP contribution in [0.3, 0.4) is 0 Å². The van der Waals surface area contributed by atoms with E-state index in [2.05, 4.69) is 10.0 Å². The number of benzene rings is 1. The molecule has 0 aliphatic heterocycles. The summed E-state index contributed by atoms with van der Waals surface area (Å²) in [4.78, 5) is 2.58. The zero-order valence-corrected chi connectivity index (χ0v) is 7.07. The third-order valence-electron chi connectivity index (χ3n) is 1.56. The molecule has 5 heteroatoms. The van der Waals surface area contributed by atoms with Crippen molar-refractivity contribution in [2.24, 2.45) is 5.11 Å². The van der Waals surface area contributed by atoms with Gasteiger partial charge in [0.2, 0.25) is 0 Å². The van der Waals surface area contributed by atoms with Crippen molar-refractivity contribution in [3.63, 3.8) is 0 Å². The van der Waals surface area contributed by atoms with Gasteiger partial charge in [0.1, 0.15) is 0 Å². The van der Waals surface area contributed by atoms with Crippen molar-refractivity contribution in [1.82, 2.24) is 0 Å². The molecule has 1 aromatic rings. The number of hydrogen-bond acceptors (Lipinski definition) is 2. The van der Waals surface area contributed by atoms with Crippen molar-refractivity contribution < 1.29 is 9.13 Å². The van der Waals surface area contributed by atoms with Gasteiger partial charge in [-0.1, -0.05) is 17.2 Å². The van der Waals surface area contributed by atoms with Crippen LogP contribution in [0.4, 0.5) is 4.39 Å². The Balaban J connectivity index is 3.04. The molecule has 0 aliphatic carbocycles. The zero-order chi connectivity index (χ0) is 9.68. The molecule has 0 bridgehead atoms. The second kappa shape index (κ2) is 4.33. The normalized spacial score (nSPS) is 9.08. The van der Waals surface area contributed by atoms with Crippen LogP contribution in [0.2, 0.25) is 0 Å². The van der Waals surface area contributed by atoms with Crippen molar-refractivity contribution >= 4 is 0 Å². The lowest BCUT2D eigenvalue weighted by Gasteiger charge is -2.05. The topological polar surface area (TPSA) is 58.0 Å². The molecule has 0 spiro atoms. The van der Waals surface area contributed by atoms with Crippen LogP contribution in [0.25, 0.3) is 10.4 Å². The summed E-state index contributed by atoms with van der Waals surface area (Å²) in [5.74, 6) is -0.317. The number of halogens is 1. The first kappa shape index (κ1) is 9.35.